The Bertz CT molecular complexity index is 825. The molecule has 0 N–H and O–H groups in total. The zero-order valence-corrected chi connectivity index (χ0v) is 14.1. The van der Waals surface area contributed by atoms with Crippen LogP contribution in [0, 0.1) is 20.8 Å². The lowest BCUT2D eigenvalue weighted by Crippen LogP contribution is -2.35. The Balaban J connectivity index is 2.11. The van der Waals surface area contributed by atoms with Crippen LogP contribution < -0.4 is 4.31 Å². The van der Waals surface area contributed by atoms with Crippen molar-refractivity contribution in [2.24, 2.45) is 0 Å². The van der Waals surface area contributed by atoms with Crippen LogP contribution in [0.25, 0.3) is 0 Å². The lowest BCUT2D eigenvalue weighted by Gasteiger charge is -2.31. The van der Waals surface area contributed by atoms with Crippen LogP contribution in [0.2, 0.25) is 0 Å². The summed E-state index contributed by atoms with van der Waals surface area (Å²) in [4.78, 5) is 0.409. The summed E-state index contributed by atoms with van der Waals surface area (Å²) in [5.41, 5.74) is 5.01. The van der Waals surface area contributed by atoms with Crippen LogP contribution in [-0.2, 0) is 16.4 Å². The van der Waals surface area contributed by atoms with Crippen LogP contribution in [0.15, 0.2) is 41.3 Å². The molecule has 1 aliphatic heterocycles. The highest BCUT2D eigenvalue weighted by atomic mass is 32.2. The van der Waals surface area contributed by atoms with Crippen molar-refractivity contribution < 1.29 is 8.42 Å². The zero-order valence-electron chi connectivity index (χ0n) is 13.3. The maximum atomic E-state index is 13.1. The summed E-state index contributed by atoms with van der Waals surface area (Å²) in [5, 5.41) is 0. The van der Waals surface area contributed by atoms with Gasteiger partial charge in [0.2, 0.25) is 0 Å². The number of aryl methyl sites for hydroxylation is 4. The van der Waals surface area contributed by atoms with Gasteiger partial charge in [0.05, 0.1) is 10.6 Å². The molecule has 0 aromatic heterocycles. The van der Waals surface area contributed by atoms with Gasteiger partial charge in [-0.05, 0) is 56.9 Å². The van der Waals surface area contributed by atoms with E-state index in [1.165, 1.54) is 5.56 Å². The van der Waals surface area contributed by atoms with Crippen molar-refractivity contribution >= 4 is 15.7 Å². The van der Waals surface area contributed by atoms with Gasteiger partial charge >= 0.3 is 0 Å². The van der Waals surface area contributed by atoms with Crippen LogP contribution in [0.4, 0.5) is 5.69 Å². The molecule has 116 valence electrons. The zero-order chi connectivity index (χ0) is 15.9. The first-order valence-corrected chi connectivity index (χ1v) is 9.03. The van der Waals surface area contributed by atoms with E-state index in [0.717, 1.165) is 35.2 Å². The molecule has 3 rings (SSSR count). The molecule has 0 saturated carbocycles. The Hall–Kier alpha value is -1.81. The Morgan fingerprint density at radius 3 is 2.36 bits per heavy atom. The molecule has 0 unspecified atom stereocenters. The van der Waals surface area contributed by atoms with Crippen molar-refractivity contribution in [2.75, 3.05) is 10.8 Å². The summed E-state index contributed by atoms with van der Waals surface area (Å²) in [6, 6.07) is 11.5. The number of anilines is 1. The molecule has 0 radical (unpaired) electrons. The standard InChI is InChI=1S/C18H21NO2S/c1-13-7-9-18(15(3)11-13)22(20,21)19-10-4-5-16-12-14(2)6-8-17(16)19/h6-9,11-12H,4-5,10H2,1-3H3. The maximum Gasteiger partial charge on any atom is 0.264 e. The normalized spacial score (nSPS) is 14.8. The second-order valence-electron chi connectivity index (χ2n) is 6.08. The first kappa shape index (κ1) is 15.1. The number of benzene rings is 2. The minimum Gasteiger partial charge on any atom is -0.266 e. The fourth-order valence-corrected chi connectivity index (χ4v) is 4.90. The number of sulfonamides is 1. The third-order valence-electron chi connectivity index (χ3n) is 4.21. The minimum atomic E-state index is -3.50. The third kappa shape index (κ3) is 2.52. The summed E-state index contributed by atoms with van der Waals surface area (Å²) in [6.45, 7) is 6.42. The van der Waals surface area contributed by atoms with Crippen LogP contribution in [-0.4, -0.2) is 15.0 Å². The molecule has 1 heterocycles. The lowest BCUT2D eigenvalue weighted by molar-refractivity contribution is 0.586. The van der Waals surface area contributed by atoms with Crippen LogP contribution in [0.5, 0.6) is 0 Å². The Morgan fingerprint density at radius 2 is 1.64 bits per heavy atom. The third-order valence-corrected chi connectivity index (χ3v) is 6.18. The molecule has 0 aliphatic carbocycles. The van der Waals surface area contributed by atoms with Crippen molar-refractivity contribution in [3.8, 4) is 0 Å². The Morgan fingerprint density at radius 1 is 0.955 bits per heavy atom. The molecule has 1 aliphatic rings. The fourth-order valence-electron chi connectivity index (χ4n) is 3.15. The molecule has 0 saturated heterocycles. The number of nitrogens with zero attached hydrogens (tertiary/aromatic N) is 1. The van der Waals surface area contributed by atoms with Gasteiger partial charge in [-0.25, -0.2) is 8.42 Å². The quantitative estimate of drug-likeness (QED) is 0.846. The van der Waals surface area contributed by atoms with Gasteiger partial charge < -0.3 is 0 Å². The Labute approximate surface area is 132 Å². The number of hydrogen-bond donors (Lipinski definition) is 0. The Kier molecular flexibility index (Phi) is 3.73. The van der Waals surface area contributed by atoms with Gasteiger partial charge in [0.1, 0.15) is 0 Å². The average molecular weight is 315 g/mol. The largest absolute Gasteiger partial charge is 0.266 e. The second kappa shape index (κ2) is 5.43. The van der Waals surface area contributed by atoms with Crippen molar-refractivity contribution in [1.29, 1.82) is 0 Å². The molecule has 0 bridgehead atoms. The average Bonchev–Trinajstić information content (AvgIpc) is 2.45. The summed E-state index contributed by atoms with van der Waals surface area (Å²) in [5.74, 6) is 0. The molecule has 22 heavy (non-hydrogen) atoms. The SMILES string of the molecule is Cc1ccc(S(=O)(=O)N2CCCc3cc(C)ccc32)c(C)c1. The van der Waals surface area contributed by atoms with E-state index >= 15 is 0 Å². The van der Waals surface area contributed by atoms with E-state index in [1.54, 1.807) is 10.4 Å². The monoisotopic (exact) mass is 315 g/mol. The van der Waals surface area contributed by atoms with Crippen molar-refractivity contribution in [3.05, 3.63) is 58.7 Å². The highest BCUT2D eigenvalue weighted by Gasteiger charge is 2.30. The lowest BCUT2D eigenvalue weighted by atomic mass is 10.0. The molecule has 2 aromatic rings. The van der Waals surface area contributed by atoms with Gasteiger partial charge in [-0.3, -0.25) is 4.31 Å². The van der Waals surface area contributed by atoms with Gasteiger partial charge in [-0.2, -0.15) is 0 Å². The fraction of sp³-hybridized carbons (Fsp3) is 0.333. The van der Waals surface area contributed by atoms with E-state index in [9.17, 15) is 8.42 Å². The molecular weight excluding hydrogens is 294 g/mol. The van der Waals surface area contributed by atoms with Gasteiger partial charge in [-0.15, -0.1) is 0 Å². The second-order valence-corrected chi connectivity index (χ2v) is 7.91. The predicted molar refractivity (Wildman–Crippen MR) is 89.9 cm³/mol. The summed E-state index contributed by atoms with van der Waals surface area (Å²) in [6.07, 6.45) is 1.80. The first-order chi connectivity index (χ1) is 10.4. The molecular formula is C18H21NO2S. The molecule has 0 spiro atoms. The van der Waals surface area contributed by atoms with Gasteiger partial charge in [0.25, 0.3) is 10.0 Å². The van der Waals surface area contributed by atoms with Crippen LogP contribution >= 0.6 is 0 Å². The first-order valence-electron chi connectivity index (χ1n) is 7.59. The van der Waals surface area contributed by atoms with Gasteiger partial charge in [0.15, 0.2) is 0 Å². The van der Waals surface area contributed by atoms with E-state index in [4.69, 9.17) is 0 Å². The number of rotatable bonds is 2. The van der Waals surface area contributed by atoms with Gasteiger partial charge in [0, 0.05) is 6.54 Å². The molecule has 0 atom stereocenters. The van der Waals surface area contributed by atoms with E-state index < -0.39 is 10.0 Å². The van der Waals surface area contributed by atoms with Crippen molar-refractivity contribution in [1.82, 2.24) is 0 Å². The number of fused-ring (bicyclic) bond motifs is 1. The molecule has 0 amide bonds. The van der Waals surface area contributed by atoms with Crippen molar-refractivity contribution in [3.63, 3.8) is 0 Å². The van der Waals surface area contributed by atoms with Crippen LogP contribution in [0.1, 0.15) is 28.7 Å². The maximum absolute atomic E-state index is 13.1. The van der Waals surface area contributed by atoms with E-state index in [-0.39, 0.29) is 0 Å². The van der Waals surface area contributed by atoms with E-state index in [1.807, 2.05) is 45.0 Å². The smallest absolute Gasteiger partial charge is 0.264 e. The molecule has 2 aromatic carbocycles. The van der Waals surface area contributed by atoms with Gasteiger partial charge in [-0.1, -0.05) is 35.4 Å². The number of hydrogen-bond acceptors (Lipinski definition) is 2. The highest BCUT2D eigenvalue weighted by molar-refractivity contribution is 7.92. The minimum absolute atomic E-state index is 0.409. The highest BCUT2D eigenvalue weighted by Crippen LogP contribution is 2.33. The molecule has 0 fully saturated rings. The van der Waals surface area contributed by atoms with E-state index in [0.29, 0.717) is 11.4 Å². The summed E-state index contributed by atoms with van der Waals surface area (Å²) in [7, 11) is -3.50. The summed E-state index contributed by atoms with van der Waals surface area (Å²) < 4.78 is 27.8. The summed E-state index contributed by atoms with van der Waals surface area (Å²) >= 11 is 0. The van der Waals surface area contributed by atoms with Crippen molar-refractivity contribution in [2.45, 2.75) is 38.5 Å². The van der Waals surface area contributed by atoms with E-state index in [2.05, 4.69) is 6.07 Å². The molecule has 4 heteroatoms. The van der Waals surface area contributed by atoms with Crippen LogP contribution in [0.3, 0.4) is 0 Å². The topological polar surface area (TPSA) is 37.4 Å². The predicted octanol–water partition coefficient (Wildman–Crippen LogP) is 3.75. The molecule has 3 nitrogen and oxygen atoms in total.